The van der Waals surface area contributed by atoms with Gasteiger partial charge in [-0.05, 0) is 37.6 Å². The van der Waals surface area contributed by atoms with Crippen LogP contribution in [0.4, 0.5) is 0 Å². The molecular formula is C18H23ClN2O2S. The second-order valence-corrected chi connectivity index (χ2v) is 6.89. The molecule has 1 atom stereocenters. The fraction of sp³-hybridized carbons (Fsp3) is 0.389. The second-order valence-electron chi connectivity index (χ2n) is 5.84. The SMILES string of the molecule is CNCC1CCN(C(=O)c2sc(-c3ccccc3)cc2OC)C1.Cl. The van der Waals surface area contributed by atoms with Gasteiger partial charge in [0, 0.05) is 18.0 Å². The first kappa shape index (κ1) is 18.8. The molecule has 2 aromatic rings. The first-order chi connectivity index (χ1) is 11.2. The van der Waals surface area contributed by atoms with E-state index in [2.05, 4.69) is 17.4 Å². The largest absolute Gasteiger partial charge is 0.495 e. The maximum absolute atomic E-state index is 12.9. The minimum atomic E-state index is 0. The van der Waals surface area contributed by atoms with Crippen LogP contribution in [0.2, 0.25) is 0 Å². The summed E-state index contributed by atoms with van der Waals surface area (Å²) in [5.74, 6) is 1.31. The smallest absolute Gasteiger partial charge is 0.267 e. The molecule has 1 aromatic carbocycles. The number of nitrogens with zero attached hydrogens (tertiary/aromatic N) is 1. The van der Waals surface area contributed by atoms with Crippen molar-refractivity contribution in [3.8, 4) is 16.2 Å². The lowest BCUT2D eigenvalue weighted by atomic mass is 10.1. The summed E-state index contributed by atoms with van der Waals surface area (Å²) in [7, 11) is 3.58. The zero-order chi connectivity index (χ0) is 16.2. The Kier molecular flexibility index (Phi) is 6.66. The Morgan fingerprint density at radius 1 is 1.38 bits per heavy atom. The summed E-state index contributed by atoms with van der Waals surface area (Å²) >= 11 is 1.51. The van der Waals surface area contributed by atoms with Gasteiger partial charge >= 0.3 is 0 Å². The van der Waals surface area contributed by atoms with Crippen LogP contribution in [0, 0.1) is 5.92 Å². The molecule has 4 nitrogen and oxygen atoms in total. The predicted molar refractivity (Wildman–Crippen MR) is 101 cm³/mol. The third kappa shape index (κ3) is 3.91. The van der Waals surface area contributed by atoms with E-state index in [0.717, 1.165) is 36.5 Å². The van der Waals surface area contributed by atoms with E-state index in [1.807, 2.05) is 36.2 Å². The van der Waals surface area contributed by atoms with Crippen molar-refractivity contribution < 1.29 is 9.53 Å². The monoisotopic (exact) mass is 366 g/mol. The van der Waals surface area contributed by atoms with Gasteiger partial charge in [-0.15, -0.1) is 23.7 Å². The molecule has 1 aliphatic heterocycles. The quantitative estimate of drug-likeness (QED) is 0.880. The summed E-state index contributed by atoms with van der Waals surface area (Å²) in [5, 5.41) is 3.20. The molecule has 0 aliphatic carbocycles. The molecule has 1 fully saturated rings. The Morgan fingerprint density at radius 3 is 2.79 bits per heavy atom. The van der Waals surface area contributed by atoms with Crippen LogP contribution in [0.25, 0.3) is 10.4 Å². The second kappa shape index (κ2) is 8.51. The molecule has 0 spiro atoms. The summed E-state index contributed by atoms with van der Waals surface area (Å²) < 4.78 is 5.45. The molecule has 2 heterocycles. The van der Waals surface area contributed by atoms with E-state index in [9.17, 15) is 4.79 Å². The number of hydrogen-bond acceptors (Lipinski definition) is 4. The Bertz CT molecular complexity index is 675. The van der Waals surface area contributed by atoms with Crippen LogP contribution >= 0.6 is 23.7 Å². The van der Waals surface area contributed by atoms with Crippen LogP contribution in [-0.2, 0) is 0 Å². The molecular weight excluding hydrogens is 344 g/mol. The lowest BCUT2D eigenvalue weighted by Crippen LogP contribution is -2.30. The van der Waals surface area contributed by atoms with Gasteiger partial charge in [0.2, 0.25) is 0 Å². The maximum atomic E-state index is 12.9. The molecule has 24 heavy (non-hydrogen) atoms. The van der Waals surface area contributed by atoms with Crippen LogP contribution in [0.3, 0.4) is 0 Å². The van der Waals surface area contributed by atoms with E-state index in [-0.39, 0.29) is 18.3 Å². The molecule has 6 heteroatoms. The number of hydrogen-bond donors (Lipinski definition) is 1. The Balaban J connectivity index is 0.00000208. The number of carbonyl (C=O) groups is 1. The first-order valence-corrected chi connectivity index (χ1v) is 8.71. The van der Waals surface area contributed by atoms with E-state index >= 15 is 0 Å². The fourth-order valence-electron chi connectivity index (χ4n) is 3.04. The van der Waals surface area contributed by atoms with Crippen molar-refractivity contribution in [2.45, 2.75) is 6.42 Å². The van der Waals surface area contributed by atoms with Crippen molar-refractivity contribution >= 4 is 29.7 Å². The highest BCUT2D eigenvalue weighted by Gasteiger charge is 2.29. The van der Waals surface area contributed by atoms with E-state index in [1.165, 1.54) is 11.3 Å². The molecule has 1 amide bonds. The normalized spacial score (nSPS) is 16.8. The predicted octanol–water partition coefficient (Wildman–Crippen LogP) is 3.53. The molecule has 1 N–H and O–H groups in total. The highest BCUT2D eigenvalue weighted by atomic mass is 35.5. The molecule has 3 rings (SSSR count). The van der Waals surface area contributed by atoms with E-state index < -0.39 is 0 Å². The minimum absolute atomic E-state index is 0. The summed E-state index contributed by atoms with van der Waals surface area (Å²) in [6, 6.07) is 12.1. The third-order valence-electron chi connectivity index (χ3n) is 4.24. The summed E-state index contributed by atoms with van der Waals surface area (Å²) in [4.78, 5) is 16.6. The molecule has 0 saturated carbocycles. The summed E-state index contributed by atoms with van der Waals surface area (Å²) in [6.07, 6.45) is 1.06. The number of methoxy groups -OCH3 is 1. The van der Waals surface area contributed by atoms with Gasteiger partial charge in [0.25, 0.3) is 5.91 Å². The van der Waals surface area contributed by atoms with Gasteiger partial charge in [0.15, 0.2) is 0 Å². The Labute approximate surface area is 153 Å². The van der Waals surface area contributed by atoms with Crippen LogP contribution in [-0.4, -0.2) is 44.6 Å². The number of carbonyl (C=O) groups excluding carboxylic acids is 1. The fourth-order valence-corrected chi connectivity index (χ4v) is 4.13. The van der Waals surface area contributed by atoms with Crippen LogP contribution in [0.5, 0.6) is 5.75 Å². The lowest BCUT2D eigenvalue weighted by molar-refractivity contribution is 0.0789. The number of halogens is 1. The van der Waals surface area contributed by atoms with Crippen molar-refractivity contribution in [2.24, 2.45) is 5.92 Å². The number of amides is 1. The molecule has 0 bridgehead atoms. The van der Waals surface area contributed by atoms with Gasteiger partial charge in [0.05, 0.1) is 7.11 Å². The van der Waals surface area contributed by atoms with Crippen molar-refractivity contribution in [2.75, 3.05) is 33.8 Å². The van der Waals surface area contributed by atoms with Crippen LogP contribution in [0.1, 0.15) is 16.1 Å². The molecule has 1 aromatic heterocycles. The molecule has 1 saturated heterocycles. The van der Waals surface area contributed by atoms with Crippen molar-refractivity contribution in [1.29, 1.82) is 0 Å². The standard InChI is InChI=1S/C18H22N2O2S.ClH/c1-19-11-13-8-9-20(12-13)18(21)17-15(22-2)10-16(23-17)14-6-4-3-5-7-14;/h3-7,10,13,19H,8-9,11-12H2,1-2H3;1H. The van der Waals surface area contributed by atoms with Gasteiger partial charge in [-0.1, -0.05) is 30.3 Å². The van der Waals surface area contributed by atoms with Gasteiger partial charge < -0.3 is 15.0 Å². The number of benzene rings is 1. The maximum Gasteiger partial charge on any atom is 0.267 e. The topological polar surface area (TPSA) is 41.6 Å². The summed E-state index contributed by atoms with van der Waals surface area (Å²) in [5.41, 5.74) is 1.12. The highest BCUT2D eigenvalue weighted by molar-refractivity contribution is 7.17. The van der Waals surface area contributed by atoms with Crippen molar-refractivity contribution in [3.05, 3.63) is 41.3 Å². The number of likely N-dealkylation sites (tertiary alicyclic amines) is 1. The zero-order valence-corrected chi connectivity index (χ0v) is 15.6. The highest BCUT2D eigenvalue weighted by Crippen LogP contribution is 2.37. The number of thiophene rings is 1. The van der Waals surface area contributed by atoms with E-state index in [4.69, 9.17) is 4.74 Å². The zero-order valence-electron chi connectivity index (χ0n) is 14.0. The third-order valence-corrected chi connectivity index (χ3v) is 5.39. The molecule has 0 radical (unpaired) electrons. The van der Waals surface area contributed by atoms with Crippen molar-refractivity contribution in [1.82, 2.24) is 10.2 Å². The van der Waals surface area contributed by atoms with Crippen LogP contribution < -0.4 is 10.1 Å². The van der Waals surface area contributed by atoms with E-state index in [0.29, 0.717) is 16.5 Å². The molecule has 130 valence electrons. The Hall–Kier alpha value is -1.56. The number of nitrogens with one attached hydrogen (secondary N) is 1. The minimum Gasteiger partial charge on any atom is -0.495 e. The van der Waals surface area contributed by atoms with Gasteiger partial charge in [-0.25, -0.2) is 0 Å². The van der Waals surface area contributed by atoms with Crippen LogP contribution in [0.15, 0.2) is 36.4 Å². The number of rotatable bonds is 5. The average molecular weight is 367 g/mol. The van der Waals surface area contributed by atoms with Gasteiger partial charge in [-0.3, -0.25) is 4.79 Å². The first-order valence-electron chi connectivity index (χ1n) is 7.90. The summed E-state index contributed by atoms with van der Waals surface area (Å²) in [6.45, 7) is 2.61. The van der Waals surface area contributed by atoms with Crippen molar-refractivity contribution in [3.63, 3.8) is 0 Å². The number of ether oxygens (including phenoxy) is 1. The van der Waals surface area contributed by atoms with Gasteiger partial charge in [0.1, 0.15) is 10.6 Å². The molecule has 1 unspecified atom stereocenters. The average Bonchev–Trinajstić information content (AvgIpc) is 3.22. The lowest BCUT2D eigenvalue weighted by Gasteiger charge is -2.16. The van der Waals surface area contributed by atoms with Gasteiger partial charge in [-0.2, -0.15) is 0 Å². The van der Waals surface area contributed by atoms with E-state index in [1.54, 1.807) is 7.11 Å². The molecule has 1 aliphatic rings. The Morgan fingerprint density at radius 2 is 2.12 bits per heavy atom.